The van der Waals surface area contributed by atoms with Crippen molar-refractivity contribution in [3.8, 4) is 0 Å². The normalized spacial score (nSPS) is 15.8. The summed E-state index contributed by atoms with van der Waals surface area (Å²) < 4.78 is 0. The monoisotopic (exact) mass is 276 g/mol. The summed E-state index contributed by atoms with van der Waals surface area (Å²) in [6, 6.07) is 7.47. The van der Waals surface area contributed by atoms with Gasteiger partial charge in [-0.05, 0) is 17.7 Å². The fraction of sp³-hybridized carbons (Fsp3) is 0.429. The Morgan fingerprint density at radius 1 is 1.35 bits per heavy atom. The van der Waals surface area contributed by atoms with E-state index >= 15 is 0 Å². The van der Waals surface area contributed by atoms with Gasteiger partial charge in [0.25, 0.3) is 0 Å². The van der Waals surface area contributed by atoms with Crippen LogP contribution in [-0.2, 0) is 16.1 Å². The van der Waals surface area contributed by atoms with Crippen molar-refractivity contribution in [1.82, 2.24) is 10.2 Å². The van der Waals surface area contributed by atoms with Crippen molar-refractivity contribution in [3.05, 3.63) is 29.8 Å². The molecule has 0 bridgehead atoms. The molecule has 1 aliphatic heterocycles. The molecule has 0 atom stereocenters. The van der Waals surface area contributed by atoms with E-state index in [2.05, 4.69) is 10.6 Å². The highest BCUT2D eigenvalue weighted by Crippen LogP contribution is 2.09. The van der Waals surface area contributed by atoms with Gasteiger partial charge in [-0.25, -0.2) is 0 Å². The van der Waals surface area contributed by atoms with E-state index in [4.69, 9.17) is 5.73 Å². The van der Waals surface area contributed by atoms with Gasteiger partial charge in [0.2, 0.25) is 11.8 Å². The quantitative estimate of drug-likeness (QED) is 0.701. The van der Waals surface area contributed by atoms with E-state index in [1.54, 1.807) is 0 Å². The Balaban J connectivity index is 1.75. The van der Waals surface area contributed by atoms with Gasteiger partial charge in [0, 0.05) is 38.3 Å². The molecule has 20 heavy (non-hydrogen) atoms. The van der Waals surface area contributed by atoms with E-state index in [0.29, 0.717) is 32.6 Å². The highest BCUT2D eigenvalue weighted by molar-refractivity contribution is 5.90. The molecule has 1 aromatic carbocycles. The van der Waals surface area contributed by atoms with Crippen molar-refractivity contribution in [2.75, 3.05) is 31.5 Å². The van der Waals surface area contributed by atoms with Crippen LogP contribution < -0.4 is 16.4 Å². The van der Waals surface area contributed by atoms with Gasteiger partial charge in [-0.2, -0.15) is 0 Å². The number of amides is 2. The zero-order valence-corrected chi connectivity index (χ0v) is 11.4. The van der Waals surface area contributed by atoms with Crippen molar-refractivity contribution in [2.45, 2.75) is 13.0 Å². The molecule has 6 heteroatoms. The maximum Gasteiger partial charge on any atom is 0.234 e. The Kier molecular flexibility index (Phi) is 5.09. The Morgan fingerprint density at radius 2 is 2.10 bits per heavy atom. The molecule has 0 radical (unpaired) electrons. The standard InChI is InChI=1S/C14H20N4O2/c15-9-11-1-3-12(4-2-11)17-13(19)5-7-18-8-6-16-14(20)10-18/h1-4H,5-10,15H2,(H,16,20)(H,17,19). The first-order valence-electron chi connectivity index (χ1n) is 6.75. The predicted octanol–water partition coefficient (Wildman–Crippen LogP) is -0.0943. The average Bonchev–Trinajstić information content (AvgIpc) is 2.46. The summed E-state index contributed by atoms with van der Waals surface area (Å²) in [5.74, 6) is -0.0227. The lowest BCUT2D eigenvalue weighted by Gasteiger charge is -2.25. The highest BCUT2D eigenvalue weighted by Gasteiger charge is 2.16. The van der Waals surface area contributed by atoms with Gasteiger partial charge in [-0.15, -0.1) is 0 Å². The molecule has 1 fully saturated rings. The second kappa shape index (κ2) is 7.02. The maximum absolute atomic E-state index is 11.8. The average molecular weight is 276 g/mol. The fourth-order valence-corrected chi connectivity index (χ4v) is 2.09. The van der Waals surface area contributed by atoms with Crippen LogP contribution in [0.5, 0.6) is 0 Å². The zero-order chi connectivity index (χ0) is 14.4. The Bertz CT molecular complexity index is 473. The number of carbonyl (C=O) groups is 2. The van der Waals surface area contributed by atoms with Crippen molar-refractivity contribution < 1.29 is 9.59 Å². The number of nitrogens with two attached hydrogens (primary N) is 1. The number of carbonyl (C=O) groups excluding carboxylic acids is 2. The zero-order valence-electron chi connectivity index (χ0n) is 11.4. The lowest BCUT2D eigenvalue weighted by Crippen LogP contribution is -2.48. The van der Waals surface area contributed by atoms with E-state index in [0.717, 1.165) is 17.8 Å². The van der Waals surface area contributed by atoms with Gasteiger partial charge < -0.3 is 16.4 Å². The van der Waals surface area contributed by atoms with Crippen LogP contribution >= 0.6 is 0 Å². The third-order valence-corrected chi connectivity index (χ3v) is 3.25. The number of hydrogen-bond donors (Lipinski definition) is 3. The third-order valence-electron chi connectivity index (χ3n) is 3.25. The van der Waals surface area contributed by atoms with Gasteiger partial charge >= 0.3 is 0 Å². The molecular formula is C14H20N4O2. The SMILES string of the molecule is NCc1ccc(NC(=O)CCN2CCNC(=O)C2)cc1. The van der Waals surface area contributed by atoms with Gasteiger partial charge in [-0.3, -0.25) is 14.5 Å². The molecule has 4 N–H and O–H groups in total. The van der Waals surface area contributed by atoms with Crippen LogP contribution in [0, 0.1) is 0 Å². The predicted molar refractivity (Wildman–Crippen MR) is 77.0 cm³/mol. The van der Waals surface area contributed by atoms with Crippen molar-refractivity contribution in [1.29, 1.82) is 0 Å². The number of benzene rings is 1. The molecule has 1 saturated heterocycles. The van der Waals surface area contributed by atoms with Crippen LogP contribution in [-0.4, -0.2) is 42.9 Å². The second-order valence-corrected chi connectivity index (χ2v) is 4.83. The Morgan fingerprint density at radius 3 is 2.75 bits per heavy atom. The Hall–Kier alpha value is -1.92. The maximum atomic E-state index is 11.8. The molecule has 1 aliphatic rings. The van der Waals surface area contributed by atoms with E-state index in [-0.39, 0.29) is 11.8 Å². The lowest BCUT2D eigenvalue weighted by atomic mass is 10.2. The first-order chi connectivity index (χ1) is 9.67. The second-order valence-electron chi connectivity index (χ2n) is 4.83. The van der Waals surface area contributed by atoms with Crippen LogP contribution in [0.4, 0.5) is 5.69 Å². The lowest BCUT2D eigenvalue weighted by molar-refractivity contribution is -0.125. The topological polar surface area (TPSA) is 87.5 Å². The molecule has 2 rings (SSSR count). The number of piperazine rings is 1. The number of anilines is 1. The van der Waals surface area contributed by atoms with Crippen LogP contribution in [0.3, 0.4) is 0 Å². The minimum Gasteiger partial charge on any atom is -0.354 e. The summed E-state index contributed by atoms with van der Waals surface area (Å²) in [5, 5.41) is 5.60. The van der Waals surface area contributed by atoms with E-state index in [1.165, 1.54) is 0 Å². The minimum atomic E-state index is -0.0449. The molecule has 6 nitrogen and oxygen atoms in total. The summed E-state index contributed by atoms with van der Waals surface area (Å²) in [4.78, 5) is 25.0. The van der Waals surface area contributed by atoms with E-state index in [9.17, 15) is 9.59 Å². The summed E-state index contributed by atoms with van der Waals surface area (Å²) in [6.07, 6.45) is 0.381. The number of nitrogens with one attached hydrogen (secondary N) is 2. The molecular weight excluding hydrogens is 256 g/mol. The fourth-order valence-electron chi connectivity index (χ4n) is 2.09. The summed E-state index contributed by atoms with van der Waals surface area (Å²) >= 11 is 0. The molecule has 2 amide bonds. The largest absolute Gasteiger partial charge is 0.354 e. The van der Waals surface area contributed by atoms with Crippen molar-refractivity contribution in [3.63, 3.8) is 0 Å². The molecule has 0 aliphatic carbocycles. The van der Waals surface area contributed by atoms with E-state index in [1.807, 2.05) is 29.2 Å². The molecule has 0 unspecified atom stereocenters. The number of nitrogens with zero attached hydrogens (tertiary/aromatic N) is 1. The van der Waals surface area contributed by atoms with Crippen molar-refractivity contribution in [2.24, 2.45) is 5.73 Å². The van der Waals surface area contributed by atoms with Gasteiger partial charge in [0.1, 0.15) is 0 Å². The van der Waals surface area contributed by atoms with Crippen LogP contribution in [0.2, 0.25) is 0 Å². The molecule has 1 heterocycles. The molecule has 108 valence electrons. The van der Waals surface area contributed by atoms with Crippen molar-refractivity contribution >= 4 is 17.5 Å². The van der Waals surface area contributed by atoms with Gasteiger partial charge in [0.15, 0.2) is 0 Å². The highest BCUT2D eigenvalue weighted by atomic mass is 16.2. The number of hydrogen-bond acceptors (Lipinski definition) is 4. The van der Waals surface area contributed by atoms with Crippen LogP contribution in [0.15, 0.2) is 24.3 Å². The Labute approximate surface area is 118 Å². The molecule has 0 saturated carbocycles. The molecule has 1 aromatic rings. The summed E-state index contributed by atoms with van der Waals surface area (Å²) in [7, 11) is 0. The van der Waals surface area contributed by atoms with E-state index < -0.39 is 0 Å². The summed E-state index contributed by atoms with van der Waals surface area (Å²) in [6.45, 7) is 2.91. The summed E-state index contributed by atoms with van der Waals surface area (Å²) in [5.41, 5.74) is 7.31. The number of rotatable bonds is 5. The third kappa shape index (κ3) is 4.32. The van der Waals surface area contributed by atoms with Crippen LogP contribution in [0.25, 0.3) is 0 Å². The minimum absolute atomic E-state index is 0.0223. The molecule has 0 spiro atoms. The molecule has 0 aromatic heterocycles. The smallest absolute Gasteiger partial charge is 0.234 e. The first kappa shape index (κ1) is 14.5. The van der Waals surface area contributed by atoms with Crippen LogP contribution in [0.1, 0.15) is 12.0 Å². The van der Waals surface area contributed by atoms with Gasteiger partial charge in [-0.1, -0.05) is 12.1 Å². The van der Waals surface area contributed by atoms with Gasteiger partial charge in [0.05, 0.1) is 6.54 Å². The first-order valence-corrected chi connectivity index (χ1v) is 6.75.